The van der Waals surface area contributed by atoms with Crippen LogP contribution in [0.4, 0.5) is 0 Å². The summed E-state index contributed by atoms with van der Waals surface area (Å²) in [6.07, 6.45) is 1.39. The Bertz CT molecular complexity index is 586. The zero-order chi connectivity index (χ0) is 14.5. The van der Waals surface area contributed by atoms with Gasteiger partial charge in [-0.3, -0.25) is 20.4 Å². The number of furan rings is 1. The van der Waals surface area contributed by atoms with Crippen LogP contribution in [0.2, 0.25) is 0 Å². The molecular weight excluding hydrogens is 256 g/mol. The van der Waals surface area contributed by atoms with Gasteiger partial charge in [-0.2, -0.15) is 0 Å². The molecule has 0 saturated heterocycles. The van der Waals surface area contributed by atoms with Crippen LogP contribution < -0.4 is 10.9 Å². The second-order valence-corrected chi connectivity index (χ2v) is 4.66. The fourth-order valence-corrected chi connectivity index (χ4v) is 1.67. The van der Waals surface area contributed by atoms with Gasteiger partial charge in [0.15, 0.2) is 5.76 Å². The lowest BCUT2D eigenvalue weighted by atomic mass is 10.0. The highest BCUT2D eigenvalue weighted by molar-refractivity contribution is 5.97. The maximum atomic E-state index is 11.8. The summed E-state index contributed by atoms with van der Waals surface area (Å²) in [6, 6.07) is 10.4. The normalized spacial score (nSPS) is 10.3. The Morgan fingerprint density at radius 2 is 1.65 bits per heavy atom. The highest BCUT2D eigenvalue weighted by atomic mass is 16.3. The van der Waals surface area contributed by atoms with Gasteiger partial charge in [0.2, 0.25) is 0 Å². The van der Waals surface area contributed by atoms with Crippen LogP contribution in [0, 0.1) is 0 Å². The van der Waals surface area contributed by atoms with Crippen molar-refractivity contribution in [1.82, 2.24) is 10.9 Å². The van der Waals surface area contributed by atoms with Gasteiger partial charge in [-0.05, 0) is 35.7 Å². The standard InChI is InChI=1S/C15H16N2O3/c1-10(2)11-5-7-12(8-6-11)14(18)16-17-15(19)13-4-3-9-20-13/h3-10H,1-2H3,(H,16,18)(H,17,19). The molecular formula is C15H16N2O3. The Balaban J connectivity index is 1.93. The summed E-state index contributed by atoms with van der Waals surface area (Å²) in [5, 5.41) is 0. The van der Waals surface area contributed by atoms with Gasteiger partial charge < -0.3 is 4.42 Å². The molecule has 0 radical (unpaired) electrons. The predicted octanol–water partition coefficient (Wildman–Crippen LogP) is 2.48. The van der Waals surface area contributed by atoms with E-state index in [1.807, 2.05) is 12.1 Å². The van der Waals surface area contributed by atoms with E-state index >= 15 is 0 Å². The van der Waals surface area contributed by atoms with Crippen LogP contribution in [0.15, 0.2) is 47.1 Å². The lowest BCUT2D eigenvalue weighted by Gasteiger charge is -2.08. The second kappa shape index (κ2) is 6.06. The summed E-state index contributed by atoms with van der Waals surface area (Å²) in [5.74, 6) is -0.325. The summed E-state index contributed by atoms with van der Waals surface area (Å²) in [5.41, 5.74) is 6.26. The van der Waals surface area contributed by atoms with Crippen LogP contribution in [-0.2, 0) is 0 Å². The lowest BCUT2D eigenvalue weighted by Crippen LogP contribution is -2.41. The van der Waals surface area contributed by atoms with E-state index in [-0.39, 0.29) is 11.7 Å². The van der Waals surface area contributed by atoms with E-state index < -0.39 is 5.91 Å². The summed E-state index contributed by atoms with van der Waals surface area (Å²) in [4.78, 5) is 23.4. The van der Waals surface area contributed by atoms with Gasteiger partial charge in [0.05, 0.1) is 6.26 Å². The molecule has 0 saturated carbocycles. The van der Waals surface area contributed by atoms with E-state index in [1.165, 1.54) is 12.3 Å². The Morgan fingerprint density at radius 1 is 1.00 bits per heavy atom. The molecule has 1 aromatic carbocycles. The third-order valence-electron chi connectivity index (χ3n) is 2.87. The number of benzene rings is 1. The van der Waals surface area contributed by atoms with E-state index in [4.69, 9.17) is 4.42 Å². The number of rotatable bonds is 3. The van der Waals surface area contributed by atoms with Crippen molar-refractivity contribution in [2.24, 2.45) is 0 Å². The van der Waals surface area contributed by atoms with Crippen molar-refractivity contribution in [3.8, 4) is 0 Å². The van der Waals surface area contributed by atoms with Gasteiger partial charge in [-0.1, -0.05) is 26.0 Å². The molecule has 0 aliphatic heterocycles. The fourth-order valence-electron chi connectivity index (χ4n) is 1.67. The third-order valence-corrected chi connectivity index (χ3v) is 2.87. The third kappa shape index (κ3) is 3.26. The number of carbonyl (C=O) groups is 2. The maximum Gasteiger partial charge on any atom is 0.305 e. The van der Waals surface area contributed by atoms with Gasteiger partial charge >= 0.3 is 5.91 Å². The average molecular weight is 272 g/mol. The summed E-state index contributed by atoms with van der Waals surface area (Å²) >= 11 is 0. The van der Waals surface area contributed by atoms with Crippen LogP contribution in [0.3, 0.4) is 0 Å². The molecule has 0 aliphatic rings. The number of amides is 2. The molecule has 2 N–H and O–H groups in total. The first-order valence-corrected chi connectivity index (χ1v) is 6.32. The minimum absolute atomic E-state index is 0.139. The van der Waals surface area contributed by atoms with Gasteiger partial charge in [0.25, 0.3) is 5.91 Å². The number of carbonyl (C=O) groups excluding carboxylic acids is 2. The van der Waals surface area contributed by atoms with Crippen molar-refractivity contribution >= 4 is 11.8 Å². The number of hydrogen-bond donors (Lipinski definition) is 2. The van der Waals surface area contributed by atoms with Crippen molar-refractivity contribution in [1.29, 1.82) is 0 Å². The smallest absolute Gasteiger partial charge is 0.305 e. The van der Waals surface area contributed by atoms with Crippen LogP contribution in [-0.4, -0.2) is 11.8 Å². The molecule has 0 aliphatic carbocycles. The van der Waals surface area contributed by atoms with Crippen LogP contribution in [0.25, 0.3) is 0 Å². The van der Waals surface area contributed by atoms with Crippen molar-refractivity contribution < 1.29 is 14.0 Å². The van der Waals surface area contributed by atoms with Gasteiger partial charge in [0, 0.05) is 5.56 Å². The minimum atomic E-state index is -0.498. The summed E-state index contributed by atoms with van der Waals surface area (Å²) in [7, 11) is 0. The van der Waals surface area contributed by atoms with E-state index in [1.54, 1.807) is 18.2 Å². The largest absolute Gasteiger partial charge is 0.459 e. The zero-order valence-corrected chi connectivity index (χ0v) is 11.3. The highest BCUT2D eigenvalue weighted by Gasteiger charge is 2.11. The Hall–Kier alpha value is -2.56. The van der Waals surface area contributed by atoms with E-state index in [0.717, 1.165) is 5.56 Å². The first-order valence-electron chi connectivity index (χ1n) is 6.32. The van der Waals surface area contributed by atoms with Gasteiger partial charge in [0.1, 0.15) is 0 Å². The number of hydrazine groups is 1. The van der Waals surface area contributed by atoms with E-state index in [9.17, 15) is 9.59 Å². The summed E-state index contributed by atoms with van der Waals surface area (Å²) < 4.78 is 4.91. The second-order valence-electron chi connectivity index (χ2n) is 4.66. The van der Waals surface area contributed by atoms with E-state index in [0.29, 0.717) is 11.5 Å². The van der Waals surface area contributed by atoms with Crippen LogP contribution in [0.5, 0.6) is 0 Å². The molecule has 0 atom stereocenters. The molecule has 0 unspecified atom stereocenters. The van der Waals surface area contributed by atoms with Crippen molar-refractivity contribution in [3.63, 3.8) is 0 Å². The molecule has 2 rings (SSSR count). The molecule has 0 spiro atoms. The molecule has 0 bridgehead atoms. The minimum Gasteiger partial charge on any atom is -0.459 e. The molecule has 1 aromatic heterocycles. The molecule has 5 heteroatoms. The summed E-state index contributed by atoms with van der Waals surface area (Å²) in [6.45, 7) is 4.16. The Kier molecular flexibility index (Phi) is 4.20. The monoisotopic (exact) mass is 272 g/mol. The highest BCUT2D eigenvalue weighted by Crippen LogP contribution is 2.14. The van der Waals surface area contributed by atoms with Gasteiger partial charge in [-0.15, -0.1) is 0 Å². The van der Waals surface area contributed by atoms with E-state index in [2.05, 4.69) is 24.7 Å². The SMILES string of the molecule is CC(C)c1ccc(C(=O)NNC(=O)c2ccco2)cc1. The zero-order valence-electron chi connectivity index (χ0n) is 11.3. The molecule has 5 nitrogen and oxygen atoms in total. The Morgan fingerprint density at radius 3 is 2.20 bits per heavy atom. The van der Waals surface area contributed by atoms with Crippen molar-refractivity contribution in [2.75, 3.05) is 0 Å². The quantitative estimate of drug-likeness (QED) is 0.843. The number of nitrogens with one attached hydrogen (secondary N) is 2. The number of hydrogen-bond acceptors (Lipinski definition) is 3. The topological polar surface area (TPSA) is 71.3 Å². The molecule has 1 heterocycles. The first kappa shape index (κ1) is 13.9. The average Bonchev–Trinajstić information content (AvgIpc) is 2.98. The molecule has 2 amide bonds. The molecule has 2 aromatic rings. The van der Waals surface area contributed by atoms with Crippen LogP contribution in [0.1, 0.15) is 46.2 Å². The molecule has 0 fully saturated rings. The maximum absolute atomic E-state index is 11.8. The predicted molar refractivity (Wildman–Crippen MR) is 74.2 cm³/mol. The van der Waals surface area contributed by atoms with Crippen molar-refractivity contribution in [3.05, 3.63) is 59.5 Å². The lowest BCUT2D eigenvalue weighted by molar-refractivity contribution is 0.0831. The first-order chi connectivity index (χ1) is 9.58. The fraction of sp³-hybridized carbons (Fsp3) is 0.200. The van der Waals surface area contributed by atoms with Crippen LogP contribution >= 0.6 is 0 Å². The Labute approximate surface area is 117 Å². The molecule has 20 heavy (non-hydrogen) atoms. The van der Waals surface area contributed by atoms with Gasteiger partial charge in [-0.25, -0.2) is 0 Å². The molecule has 104 valence electrons. The van der Waals surface area contributed by atoms with Crippen molar-refractivity contribution in [2.45, 2.75) is 19.8 Å².